The Balaban J connectivity index is 3.07. The van der Waals surface area contributed by atoms with Gasteiger partial charge in [0.15, 0.2) is 0 Å². The van der Waals surface area contributed by atoms with Crippen molar-refractivity contribution < 1.29 is 8.42 Å². The smallest absolute Gasteiger partial charge is 0.242 e. The van der Waals surface area contributed by atoms with Crippen LogP contribution in [0.3, 0.4) is 0 Å². The summed E-state index contributed by atoms with van der Waals surface area (Å²) in [6.45, 7) is 8.36. The van der Waals surface area contributed by atoms with Crippen molar-refractivity contribution in [3.8, 4) is 0 Å². The highest BCUT2D eigenvalue weighted by atomic mass is 35.5. The summed E-state index contributed by atoms with van der Waals surface area (Å²) in [7, 11) is -3.62. The molecule has 7 heteroatoms. The Bertz CT molecular complexity index is 557. The van der Waals surface area contributed by atoms with E-state index in [4.69, 9.17) is 11.6 Å². The number of nitrogens with zero attached hydrogens (tertiary/aromatic N) is 1. The van der Waals surface area contributed by atoms with E-state index in [1.54, 1.807) is 0 Å². The van der Waals surface area contributed by atoms with Crippen molar-refractivity contribution in [3.05, 3.63) is 17.3 Å². The molecule has 5 nitrogen and oxygen atoms in total. The van der Waals surface area contributed by atoms with Crippen LogP contribution in [0, 0.1) is 0 Å². The molecule has 0 saturated heterocycles. The van der Waals surface area contributed by atoms with Crippen LogP contribution in [-0.2, 0) is 10.0 Å². The summed E-state index contributed by atoms with van der Waals surface area (Å²) in [4.78, 5) is 4.13. The van der Waals surface area contributed by atoms with Crippen LogP contribution in [0.5, 0.6) is 0 Å². The first-order valence-corrected chi connectivity index (χ1v) is 8.57. The lowest BCUT2D eigenvalue weighted by molar-refractivity contribution is 0.388. The van der Waals surface area contributed by atoms with Gasteiger partial charge in [0.25, 0.3) is 0 Å². The Morgan fingerprint density at radius 2 is 1.90 bits per heavy atom. The molecule has 0 spiro atoms. The maximum Gasteiger partial charge on any atom is 0.242 e. The van der Waals surface area contributed by atoms with E-state index in [0.29, 0.717) is 30.2 Å². The third-order valence-electron chi connectivity index (χ3n) is 3.41. The highest BCUT2D eigenvalue weighted by molar-refractivity contribution is 7.89. The van der Waals surface area contributed by atoms with Gasteiger partial charge in [0, 0.05) is 18.3 Å². The summed E-state index contributed by atoms with van der Waals surface area (Å²) in [5.74, 6) is 0.488. The monoisotopic (exact) mass is 319 g/mol. The molecule has 1 heterocycles. The first-order chi connectivity index (χ1) is 9.28. The van der Waals surface area contributed by atoms with E-state index in [-0.39, 0.29) is 4.90 Å². The van der Waals surface area contributed by atoms with E-state index in [1.807, 2.05) is 27.7 Å². The zero-order valence-electron chi connectivity index (χ0n) is 12.3. The summed E-state index contributed by atoms with van der Waals surface area (Å²) in [5, 5.41) is 3.26. The quantitative estimate of drug-likeness (QED) is 0.810. The van der Waals surface area contributed by atoms with E-state index in [9.17, 15) is 8.42 Å². The van der Waals surface area contributed by atoms with Crippen LogP contribution in [0.4, 0.5) is 5.82 Å². The van der Waals surface area contributed by atoms with Crippen LogP contribution in [-0.4, -0.2) is 25.5 Å². The van der Waals surface area contributed by atoms with Crippen molar-refractivity contribution in [3.63, 3.8) is 0 Å². The van der Waals surface area contributed by atoms with E-state index in [0.717, 1.165) is 0 Å². The molecule has 0 fully saturated rings. The van der Waals surface area contributed by atoms with Gasteiger partial charge in [-0.25, -0.2) is 18.1 Å². The minimum Gasteiger partial charge on any atom is -0.369 e. The van der Waals surface area contributed by atoms with Crippen LogP contribution in [0.2, 0.25) is 5.02 Å². The van der Waals surface area contributed by atoms with Crippen molar-refractivity contribution in [1.82, 2.24) is 9.71 Å². The van der Waals surface area contributed by atoms with Crippen molar-refractivity contribution in [2.45, 2.75) is 51.0 Å². The number of pyridine rings is 1. The molecule has 0 saturated carbocycles. The average molecular weight is 320 g/mol. The topological polar surface area (TPSA) is 71.1 Å². The van der Waals surface area contributed by atoms with Crippen LogP contribution in [0.15, 0.2) is 17.2 Å². The summed E-state index contributed by atoms with van der Waals surface area (Å²) in [6.07, 6.45) is 2.73. The fraction of sp³-hybridized carbons (Fsp3) is 0.615. The molecule has 0 atom stereocenters. The van der Waals surface area contributed by atoms with Gasteiger partial charge < -0.3 is 5.32 Å². The van der Waals surface area contributed by atoms with Crippen molar-refractivity contribution >= 4 is 27.4 Å². The number of hydrogen-bond donors (Lipinski definition) is 2. The van der Waals surface area contributed by atoms with Gasteiger partial charge in [-0.05, 0) is 32.8 Å². The summed E-state index contributed by atoms with van der Waals surface area (Å²) in [6, 6.07) is 1.42. The van der Waals surface area contributed by atoms with Gasteiger partial charge >= 0.3 is 0 Å². The Labute approximate surface area is 126 Å². The first kappa shape index (κ1) is 17.2. The number of nitrogens with one attached hydrogen (secondary N) is 2. The van der Waals surface area contributed by atoms with Gasteiger partial charge in [0.1, 0.15) is 10.7 Å². The molecule has 0 aromatic carbocycles. The molecule has 0 aliphatic carbocycles. The van der Waals surface area contributed by atoms with Gasteiger partial charge in [0.05, 0.1) is 5.02 Å². The Morgan fingerprint density at radius 3 is 2.35 bits per heavy atom. The van der Waals surface area contributed by atoms with E-state index >= 15 is 0 Å². The van der Waals surface area contributed by atoms with Crippen LogP contribution in [0.1, 0.15) is 40.5 Å². The Morgan fingerprint density at radius 1 is 1.30 bits per heavy atom. The number of aromatic nitrogens is 1. The second kappa shape index (κ2) is 6.74. The lowest BCUT2D eigenvalue weighted by Crippen LogP contribution is -2.44. The molecule has 0 aliphatic heterocycles. The Kier molecular flexibility index (Phi) is 5.79. The van der Waals surface area contributed by atoms with Gasteiger partial charge in [-0.15, -0.1) is 0 Å². The average Bonchev–Trinajstić information content (AvgIpc) is 2.40. The third kappa shape index (κ3) is 4.07. The fourth-order valence-corrected chi connectivity index (χ4v) is 3.46. The molecule has 1 rings (SSSR count). The zero-order valence-corrected chi connectivity index (χ0v) is 13.9. The minimum atomic E-state index is -3.62. The predicted octanol–water partition coefficient (Wildman–Crippen LogP) is 3.02. The van der Waals surface area contributed by atoms with E-state index in [2.05, 4.69) is 15.0 Å². The Hall–Kier alpha value is -0.850. The van der Waals surface area contributed by atoms with E-state index < -0.39 is 15.6 Å². The molecular formula is C13H22ClN3O2S. The number of halogens is 1. The standard InChI is InChI=1S/C13H22ClN3O2S/c1-5-13(4,6-2)17-20(18,19)10-8-11(14)12(15-7-3)16-9-10/h8-9,17H,5-7H2,1-4H3,(H,15,16). The normalized spacial score (nSPS) is 12.4. The summed E-state index contributed by atoms with van der Waals surface area (Å²) < 4.78 is 27.4. The molecule has 2 N–H and O–H groups in total. The third-order valence-corrected chi connectivity index (χ3v) is 5.31. The molecule has 0 aliphatic rings. The zero-order chi connectivity index (χ0) is 15.4. The number of sulfonamides is 1. The molecule has 0 unspecified atom stereocenters. The van der Waals surface area contributed by atoms with Crippen molar-refractivity contribution in [2.24, 2.45) is 0 Å². The van der Waals surface area contributed by atoms with Gasteiger partial charge in [0.2, 0.25) is 10.0 Å². The largest absolute Gasteiger partial charge is 0.369 e. The second-order valence-corrected chi connectivity index (χ2v) is 6.99. The maximum absolute atomic E-state index is 12.4. The molecule has 20 heavy (non-hydrogen) atoms. The predicted molar refractivity (Wildman–Crippen MR) is 82.7 cm³/mol. The highest BCUT2D eigenvalue weighted by Gasteiger charge is 2.28. The van der Waals surface area contributed by atoms with Crippen LogP contribution >= 0.6 is 11.6 Å². The minimum absolute atomic E-state index is 0.0808. The molecule has 0 amide bonds. The first-order valence-electron chi connectivity index (χ1n) is 6.71. The van der Waals surface area contributed by atoms with Crippen LogP contribution < -0.4 is 10.0 Å². The van der Waals surface area contributed by atoms with Crippen molar-refractivity contribution in [2.75, 3.05) is 11.9 Å². The molecule has 1 aromatic heterocycles. The highest BCUT2D eigenvalue weighted by Crippen LogP contribution is 2.24. The maximum atomic E-state index is 12.4. The van der Waals surface area contributed by atoms with Gasteiger partial charge in [-0.3, -0.25) is 0 Å². The fourth-order valence-electron chi connectivity index (χ4n) is 1.64. The van der Waals surface area contributed by atoms with Gasteiger partial charge in [-0.1, -0.05) is 25.4 Å². The molecular weight excluding hydrogens is 298 g/mol. The molecule has 0 radical (unpaired) electrons. The number of rotatable bonds is 7. The molecule has 1 aromatic rings. The second-order valence-electron chi connectivity index (χ2n) is 4.91. The van der Waals surface area contributed by atoms with Crippen molar-refractivity contribution in [1.29, 1.82) is 0 Å². The molecule has 114 valence electrons. The number of hydrogen-bond acceptors (Lipinski definition) is 4. The summed E-state index contributed by atoms with van der Waals surface area (Å²) >= 11 is 6.04. The lowest BCUT2D eigenvalue weighted by atomic mass is 9.98. The SMILES string of the molecule is CCNc1ncc(S(=O)(=O)NC(C)(CC)CC)cc1Cl. The van der Waals surface area contributed by atoms with Crippen LogP contribution in [0.25, 0.3) is 0 Å². The van der Waals surface area contributed by atoms with Gasteiger partial charge in [-0.2, -0.15) is 0 Å². The number of anilines is 1. The summed E-state index contributed by atoms with van der Waals surface area (Å²) in [5.41, 5.74) is -0.467. The van der Waals surface area contributed by atoms with E-state index in [1.165, 1.54) is 12.3 Å². The molecule has 0 bridgehead atoms. The lowest BCUT2D eigenvalue weighted by Gasteiger charge is -2.27.